The minimum absolute atomic E-state index is 0.111. The van der Waals surface area contributed by atoms with Gasteiger partial charge in [-0.25, -0.2) is 0 Å². The normalized spacial score (nSPS) is 12.1. The molecule has 0 aliphatic carbocycles. The maximum atomic E-state index is 10.7. The molecule has 0 radical (unpaired) electrons. The first kappa shape index (κ1) is 27.9. The zero-order valence-electron chi connectivity index (χ0n) is 19.0. The number of nitrogens with zero attached hydrogens (tertiary/aromatic N) is 1. The van der Waals surface area contributed by atoms with Crippen molar-refractivity contribution in [1.29, 1.82) is 0 Å². The number of unbranched alkanes of at least 4 members (excludes halogenated alkanes) is 16. The van der Waals surface area contributed by atoms with Crippen LogP contribution in [0.5, 0.6) is 0 Å². The predicted octanol–water partition coefficient (Wildman–Crippen LogP) is 6.85. The van der Waals surface area contributed by atoms with E-state index in [0.29, 0.717) is 6.42 Å². The van der Waals surface area contributed by atoms with Crippen molar-refractivity contribution in [2.45, 2.75) is 122 Å². The lowest BCUT2D eigenvalue weighted by molar-refractivity contribution is 0.317. The van der Waals surface area contributed by atoms with Gasteiger partial charge in [0.2, 0.25) is 0 Å². The lowest BCUT2D eigenvalue weighted by Gasteiger charge is -2.16. The van der Waals surface area contributed by atoms with E-state index < -0.39 is 10.1 Å². The van der Waals surface area contributed by atoms with Gasteiger partial charge in [0.1, 0.15) is 0 Å². The van der Waals surface area contributed by atoms with Gasteiger partial charge in [-0.2, -0.15) is 8.42 Å². The highest BCUT2D eigenvalue weighted by molar-refractivity contribution is 7.85. The van der Waals surface area contributed by atoms with Crippen molar-refractivity contribution < 1.29 is 13.0 Å². The summed E-state index contributed by atoms with van der Waals surface area (Å²) in [6, 6.07) is 0. The second-order valence-corrected chi connectivity index (χ2v) is 10.2. The molecule has 0 aliphatic rings. The molecular weight excluding hydrogens is 370 g/mol. The monoisotopic (exact) mass is 419 g/mol. The van der Waals surface area contributed by atoms with Gasteiger partial charge in [0, 0.05) is 0 Å². The molecule has 170 valence electrons. The summed E-state index contributed by atoms with van der Waals surface area (Å²) in [5.74, 6) is -0.111. The molecule has 0 unspecified atom stereocenters. The van der Waals surface area contributed by atoms with Crippen LogP contribution >= 0.6 is 0 Å². The van der Waals surface area contributed by atoms with Gasteiger partial charge in [0.15, 0.2) is 0 Å². The molecule has 5 heteroatoms. The topological polar surface area (TPSA) is 57.6 Å². The molecule has 0 amide bonds. The van der Waals surface area contributed by atoms with E-state index in [4.69, 9.17) is 4.55 Å². The maximum Gasteiger partial charge on any atom is 0.264 e. The average molecular weight is 420 g/mol. The highest BCUT2D eigenvalue weighted by Gasteiger charge is 2.04. The first-order valence-electron chi connectivity index (χ1n) is 12.1. The SMILES string of the molecule is CCCCCCCCCCCCCCCCCCN(C)CCCCS(=O)(=O)O. The highest BCUT2D eigenvalue weighted by atomic mass is 32.2. The molecule has 0 aromatic rings. The summed E-state index contributed by atoms with van der Waals surface area (Å²) in [5.41, 5.74) is 0. The van der Waals surface area contributed by atoms with Crippen LogP contribution in [0, 0.1) is 0 Å². The molecule has 0 atom stereocenters. The summed E-state index contributed by atoms with van der Waals surface area (Å²) in [6.07, 6.45) is 23.7. The van der Waals surface area contributed by atoms with E-state index in [0.717, 1.165) is 19.5 Å². The molecule has 0 aliphatic heterocycles. The second kappa shape index (κ2) is 20.2. The molecule has 28 heavy (non-hydrogen) atoms. The van der Waals surface area contributed by atoms with Gasteiger partial charge in [-0.1, -0.05) is 103 Å². The Hall–Kier alpha value is -0.130. The van der Waals surface area contributed by atoms with Crippen LogP contribution in [0.4, 0.5) is 0 Å². The van der Waals surface area contributed by atoms with E-state index >= 15 is 0 Å². The molecule has 4 nitrogen and oxygen atoms in total. The Morgan fingerprint density at radius 1 is 0.571 bits per heavy atom. The Morgan fingerprint density at radius 2 is 0.893 bits per heavy atom. The Morgan fingerprint density at radius 3 is 1.25 bits per heavy atom. The van der Waals surface area contributed by atoms with Gasteiger partial charge >= 0.3 is 0 Å². The van der Waals surface area contributed by atoms with Crippen molar-refractivity contribution in [3.8, 4) is 0 Å². The lowest BCUT2D eigenvalue weighted by Crippen LogP contribution is -2.21. The van der Waals surface area contributed by atoms with Crippen LogP contribution in [-0.2, 0) is 10.1 Å². The summed E-state index contributed by atoms with van der Waals surface area (Å²) < 4.78 is 30.0. The molecule has 0 heterocycles. The largest absolute Gasteiger partial charge is 0.306 e. The molecular formula is C23H49NO3S. The smallest absolute Gasteiger partial charge is 0.264 e. The minimum atomic E-state index is -3.79. The quantitative estimate of drug-likeness (QED) is 0.154. The molecule has 0 aromatic carbocycles. The zero-order chi connectivity index (χ0) is 20.9. The fraction of sp³-hybridized carbons (Fsp3) is 1.00. The molecule has 0 bridgehead atoms. The third kappa shape index (κ3) is 23.9. The van der Waals surface area contributed by atoms with Crippen molar-refractivity contribution in [3.05, 3.63) is 0 Å². The Kier molecular flexibility index (Phi) is 20.1. The van der Waals surface area contributed by atoms with E-state index in [2.05, 4.69) is 18.9 Å². The average Bonchev–Trinajstić information content (AvgIpc) is 2.64. The van der Waals surface area contributed by atoms with E-state index in [-0.39, 0.29) is 5.75 Å². The van der Waals surface area contributed by atoms with E-state index in [1.165, 1.54) is 103 Å². The predicted molar refractivity (Wildman–Crippen MR) is 123 cm³/mol. The molecule has 0 spiro atoms. The Labute approximate surface area is 176 Å². The van der Waals surface area contributed by atoms with Gasteiger partial charge in [-0.05, 0) is 39.4 Å². The Balaban J connectivity index is 3.17. The number of rotatable bonds is 22. The third-order valence-electron chi connectivity index (χ3n) is 5.59. The van der Waals surface area contributed by atoms with Gasteiger partial charge < -0.3 is 4.90 Å². The van der Waals surface area contributed by atoms with Crippen LogP contribution < -0.4 is 0 Å². The molecule has 1 N–H and O–H groups in total. The summed E-state index contributed by atoms with van der Waals surface area (Å²) in [6.45, 7) is 4.28. The van der Waals surface area contributed by atoms with E-state index in [9.17, 15) is 8.42 Å². The number of hydrogen-bond donors (Lipinski definition) is 1. The van der Waals surface area contributed by atoms with Crippen LogP contribution in [0.25, 0.3) is 0 Å². The number of hydrogen-bond acceptors (Lipinski definition) is 3. The van der Waals surface area contributed by atoms with Crippen LogP contribution in [0.2, 0.25) is 0 Å². The third-order valence-corrected chi connectivity index (χ3v) is 6.39. The first-order valence-corrected chi connectivity index (χ1v) is 13.7. The van der Waals surface area contributed by atoms with Crippen molar-refractivity contribution in [1.82, 2.24) is 4.90 Å². The standard InChI is InChI=1S/C23H49NO3S/c1-3-4-5-6-7-8-9-10-11-12-13-14-15-16-17-18-21-24(2)22-19-20-23-28(25,26)27/h3-23H2,1-2H3,(H,25,26,27). The minimum Gasteiger partial charge on any atom is -0.306 e. The van der Waals surface area contributed by atoms with Crippen molar-refractivity contribution in [2.75, 3.05) is 25.9 Å². The fourth-order valence-corrected chi connectivity index (χ4v) is 4.28. The van der Waals surface area contributed by atoms with Crippen molar-refractivity contribution in [2.24, 2.45) is 0 Å². The fourth-order valence-electron chi connectivity index (χ4n) is 3.71. The van der Waals surface area contributed by atoms with E-state index in [1.807, 2.05) is 0 Å². The summed E-state index contributed by atoms with van der Waals surface area (Å²) in [4.78, 5) is 2.27. The summed E-state index contributed by atoms with van der Waals surface area (Å²) in [7, 11) is -1.69. The molecule has 0 saturated carbocycles. The molecule has 0 fully saturated rings. The van der Waals surface area contributed by atoms with Gasteiger partial charge in [-0.15, -0.1) is 0 Å². The first-order chi connectivity index (χ1) is 13.5. The Bertz CT molecular complexity index is 412. The van der Waals surface area contributed by atoms with E-state index in [1.54, 1.807) is 0 Å². The summed E-state index contributed by atoms with van der Waals surface area (Å²) >= 11 is 0. The van der Waals surface area contributed by atoms with Crippen LogP contribution in [0.3, 0.4) is 0 Å². The van der Waals surface area contributed by atoms with Gasteiger partial charge in [0.05, 0.1) is 5.75 Å². The lowest BCUT2D eigenvalue weighted by atomic mass is 10.0. The van der Waals surface area contributed by atoms with Crippen LogP contribution in [0.1, 0.15) is 122 Å². The maximum absolute atomic E-state index is 10.7. The molecule has 0 aromatic heterocycles. The summed E-state index contributed by atoms with van der Waals surface area (Å²) in [5, 5.41) is 0. The van der Waals surface area contributed by atoms with Gasteiger partial charge in [-0.3, -0.25) is 4.55 Å². The molecule has 0 rings (SSSR count). The van der Waals surface area contributed by atoms with Crippen LogP contribution in [-0.4, -0.2) is 43.8 Å². The van der Waals surface area contributed by atoms with Gasteiger partial charge in [0.25, 0.3) is 10.1 Å². The second-order valence-electron chi connectivity index (χ2n) is 8.60. The van der Waals surface area contributed by atoms with Crippen molar-refractivity contribution in [3.63, 3.8) is 0 Å². The van der Waals surface area contributed by atoms with Crippen LogP contribution in [0.15, 0.2) is 0 Å². The molecule has 0 saturated heterocycles. The van der Waals surface area contributed by atoms with Crippen molar-refractivity contribution >= 4 is 10.1 Å². The highest BCUT2D eigenvalue weighted by Crippen LogP contribution is 2.13. The zero-order valence-corrected chi connectivity index (χ0v) is 19.8.